The van der Waals surface area contributed by atoms with E-state index in [2.05, 4.69) is 16.8 Å². The largest absolute Gasteiger partial charge is 0.491 e. The molecule has 1 aliphatic carbocycles. The monoisotopic (exact) mass is 449 g/mol. The summed E-state index contributed by atoms with van der Waals surface area (Å²) in [7, 11) is 0. The molecule has 3 N–H and O–H groups in total. The van der Waals surface area contributed by atoms with Crippen LogP contribution in [0.4, 0.5) is 4.39 Å². The second-order valence-electron chi connectivity index (χ2n) is 9.40. The number of ether oxygens (including phenoxy) is 1. The first kappa shape index (κ1) is 22.0. The van der Waals surface area contributed by atoms with E-state index < -0.39 is 0 Å². The first-order valence-electron chi connectivity index (χ1n) is 12.1. The van der Waals surface area contributed by atoms with E-state index in [-0.39, 0.29) is 17.8 Å². The topological polar surface area (TPSA) is 71.4 Å². The highest BCUT2D eigenvalue weighted by atomic mass is 19.1. The van der Waals surface area contributed by atoms with Crippen LogP contribution in [-0.4, -0.2) is 41.0 Å². The van der Waals surface area contributed by atoms with Crippen LogP contribution >= 0.6 is 0 Å². The second kappa shape index (κ2) is 9.18. The molecule has 33 heavy (non-hydrogen) atoms. The van der Waals surface area contributed by atoms with Crippen molar-refractivity contribution in [1.29, 1.82) is 0 Å². The van der Waals surface area contributed by atoms with Crippen molar-refractivity contribution in [1.82, 2.24) is 9.88 Å². The van der Waals surface area contributed by atoms with Gasteiger partial charge >= 0.3 is 0 Å². The summed E-state index contributed by atoms with van der Waals surface area (Å²) in [5.74, 6) is 0.272. The van der Waals surface area contributed by atoms with Gasteiger partial charge in [-0.2, -0.15) is 0 Å². The summed E-state index contributed by atoms with van der Waals surface area (Å²) in [6.07, 6.45) is 9.21. The fourth-order valence-electron chi connectivity index (χ4n) is 5.45. The van der Waals surface area contributed by atoms with E-state index in [4.69, 9.17) is 10.5 Å². The molecule has 1 saturated carbocycles. The van der Waals surface area contributed by atoms with Gasteiger partial charge in [0.1, 0.15) is 18.2 Å². The summed E-state index contributed by atoms with van der Waals surface area (Å²) in [6, 6.07) is 9.52. The number of aromatic nitrogens is 1. The lowest BCUT2D eigenvalue weighted by molar-refractivity contribution is 0.0431. The van der Waals surface area contributed by atoms with Crippen molar-refractivity contribution in [3.63, 3.8) is 0 Å². The zero-order valence-electron chi connectivity index (χ0n) is 19.2. The SMILES string of the molecule is CCc1ccc(C(N)=O)c2c1OCC(N(CCCc1c[nH]c3ccc(F)cc13)C1CCC1)C2. The number of benzene rings is 2. The van der Waals surface area contributed by atoms with Gasteiger partial charge in [-0.15, -0.1) is 0 Å². The third kappa shape index (κ3) is 4.24. The summed E-state index contributed by atoms with van der Waals surface area (Å²) in [5, 5.41) is 0.971. The number of primary amides is 1. The van der Waals surface area contributed by atoms with Gasteiger partial charge in [-0.3, -0.25) is 9.69 Å². The maximum absolute atomic E-state index is 13.7. The number of hydrogen-bond donors (Lipinski definition) is 2. The molecule has 1 atom stereocenters. The number of halogens is 1. The Kier molecular flexibility index (Phi) is 6.11. The highest BCUT2D eigenvalue weighted by molar-refractivity contribution is 5.95. The van der Waals surface area contributed by atoms with Crippen LogP contribution in [0.5, 0.6) is 5.75 Å². The molecule has 0 bridgehead atoms. The second-order valence-corrected chi connectivity index (χ2v) is 9.40. The van der Waals surface area contributed by atoms with Gasteiger partial charge in [0.25, 0.3) is 0 Å². The zero-order chi connectivity index (χ0) is 22.9. The Hall–Kier alpha value is -2.86. The number of carbonyl (C=O) groups is 1. The van der Waals surface area contributed by atoms with Crippen LogP contribution in [0.1, 0.15) is 59.7 Å². The van der Waals surface area contributed by atoms with Crippen LogP contribution in [-0.2, 0) is 19.3 Å². The van der Waals surface area contributed by atoms with E-state index in [0.717, 1.165) is 65.6 Å². The predicted octanol–water partition coefficient (Wildman–Crippen LogP) is 4.76. The molecule has 2 heterocycles. The highest BCUT2D eigenvalue weighted by Crippen LogP contribution is 2.36. The van der Waals surface area contributed by atoms with Crippen molar-refractivity contribution >= 4 is 16.8 Å². The molecule has 2 aliphatic rings. The lowest BCUT2D eigenvalue weighted by Crippen LogP contribution is -2.51. The van der Waals surface area contributed by atoms with Crippen LogP contribution in [0.3, 0.4) is 0 Å². The summed E-state index contributed by atoms with van der Waals surface area (Å²) >= 11 is 0. The minimum atomic E-state index is -0.389. The van der Waals surface area contributed by atoms with Gasteiger partial charge in [0, 0.05) is 40.3 Å². The summed E-state index contributed by atoms with van der Waals surface area (Å²) < 4.78 is 20.0. The fourth-order valence-corrected chi connectivity index (χ4v) is 5.45. The number of H-pyrrole nitrogens is 1. The molecule has 0 spiro atoms. The van der Waals surface area contributed by atoms with Gasteiger partial charge in [0.2, 0.25) is 5.91 Å². The van der Waals surface area contributed by atoms with Gasteiger partial charge < -0.3 is 15.5 Å². The molecule has 6 heteroatoms. The van der Waals surface area contributed by atoms with Crippen LogP contribution in [0, 0.1) is 5.82 Å². The number of nitrogens with one attached hydrogen (secondary N) is 1. The lowest BCUT2D eigenvalue weighted by Gasteiger charge is -2.44. The van der Waals surface area contributed by atoms with Crippen LogP contribution in [0.25, 0.3) is 10.9 Å². The predicted molar refractivity (Wildman–Crippen MR) is 128 cm³/mol. The average molecular weight is 450 g/mol. The minimum absolute atomic E-state index is 0.200. The van der Waals surface area contributed by atoms with E-state index in [9.17, 15) is 9.18 Å². The third-order valence-corrected chi connectivity index (χ3v) is 7.45. The molecule has 1 unspecified atom stereocenters. The lowest BCUT2D eigenvalue weighted by atomic mass is 9.87. The van der Waals surface area contributed by atoms with Crippen LogP contribution in [0.2, 0.25) is 0 Å². The quantitative estimate of drug-likeness (QED) is 0.521. The van der Waals surface area contributed by atoms with Crippen molar-refractivity contribution in [2.45, 2.75) is 64.0 Å². The maximum Gasteiger partial charge on any atom is 0.249 e. The number of nitrogens with two attached hydrogens (primary N) is 1. The van der Waals surface area contributed by atoms with Crippen molar-refractivity contribution in [2.24, 2.45) is 5.73 Å². The number of aryl methyl sites for hydroxylation is 2. The summed E-state index contributed by atoms with van der Waals surface area (Å²) in [5.41, 5.74) is 10.5. The number of aromatic amines is 1. The molecule has 3 aromatic rings. The first-order valence-corrected chi connectivity index (χ1v) is 12.1. The van der Waals surface area contributed by atoms with E-state index in [0.29, 0.717) is 18.2 Å². The zero-order valence-corrected chi connectivity index (χ0v) is 19.2. The molecule has 1 aliphatic heterocycles. The van der Waals surface area contributed by atoms with Gasteiger partial charge in [-0.05, 0) is 80.5 Å². The molecule has 5 nitrogen and oxygen atoms in total. The number of amides is 1. The standard InChI is InChI=1S/C27H32FN3O2/c1-2-17-8-10-22(27(29)32)24-14-21(16-33-26(17)24)31(20-6-3-7-20)12-4-5-18-15-30-25-11-9-19(28)13-23(18)25/h8-11,13,15,20-21,30H,2-7,12,14,16H2,1H3,(H2,29,32). The molecule has 5 rings (SSSR count). The Morgan fingerprint density at radius 1 is 1.21 bits per heavy atom. The van der Waals surface area contributed by atoms with Crippen molar-refractivity contribution < 1.29 is 13.9 Å². The molecule has 1 fully saturated rings. The molecule has 0 saturated heterocycles. The van der Waals surface area contributed by atoms with Crippen LogP contribution < -0.4 is 10.5 Å². The van der Waals surface area contributed by atoms with E-state index in [1.165, 1.54) is 25.3 Å². The molecule has 174 valence electrons. The van der Waals surface area contributed by atoms with Crippen LogP contribution in [0.15, 0.2) is 36.5 Å². The summed E-state index contributed by atoms with van der Waals surface area (Å²) in [4.78, 5) is 18.0. The third-order valence-electron chi connectivity index (χ3n) is 7.45. The van der Waals surface area contributed by atoms with Gasteiger partial charge in [0.05, 0.1) is 0 Å². The number of carbonyl (C=O) groups excluding carboxylic acids is 1. The molecule has 1 amide bonds. The molecular weight excluding hydrogens is 417 g/mol. The van der Waals surface area contributed by atoms with Gasteiger partial charge in [-0.25, -0.2) is 4.39 Å². The van der Waals surface area contributed by atoms with E-state index in [1.807, 2.05) is 18.3 Å². The van der Waals surface area contributed by atoms with Crippen molar-refractivity contribution in [3.05, 3.63) is 64.6 Å². The van der Waals surface area contributed by atoms with Gasteiger partial charge in [-0.1, -0.05) is 19.4 Å². The van der Waals surface area contributed by atoms with Crippen molar-refractivity contribution in [2.75, 3.05) is 13.2 Å². The smallest absolute Gasteiger partial charge is 0.249 e. The minimum Gasteiger partial charge on any atom is -0.491 e. The Balaban J connectivity index is 1.33. The van der Waals surface area contributed by atoms with E-state index in [1.54, 1.807) is 12.1 Å². The molecule has 2 aromatic carbocycles. The number of nitrogens with zero attached hydrogens (tertiary/aromatic N) is 1. The fraction of sp³-hybridized carbons (Fsp3) is 0.444. The Morgan fingerprint density at radius 2 is 2.06 bits per heavy atom. The normalized spacial score (nSPS) is 18.2. The van der Waals surface area contributed by atoms with Gasteiger partial charge in [0.15, 0.2) is 0 Å². The first-order chi connectivity index (χ1) is 16.0. The number of rotatable bonds is 8. The van der Waals surface area contributed by atoms with Crippen molar-refractivity contribution in [3.8, 4) is 5.75 Å². The highest BCUT2D eigenvalue weighted by Gasteiger charge is 2.35. The molecular formula is C27H32FN3O2. The Morgan fingerprint density at radius 3 is 2.79 bits per heavy atom. The average Bonchev–Trinajstić information content (AvgIpc) is 3.17. The summed E-state index contributed by atoms with van der Waals surface area (Å²) in [6.45, 7) is 3.69. The number of fused-ring (bicyclic) bond motifs is 2. The van der Waals surface area contributed by atoms with E-state index >= 15 is 0 Å². The maximum atomic E-state index is 13.7. The molecule has 1 aromatic heterocycles. The Labute approximate surface area is 194 Å². The molecule has 0 radical (unpaired) electrons. The Bertz CT molecular complexity index is 1170. The number of hydrogen-bond acceptors (Lipinski definition) is 3.